The smallest absolute Gasteiger partial charge is 0.238 e. The number of anilines is 1. The van der Waals surface area contributed by atoms with Crippen LogP contribution >= 0.6 is 11.6 Å². The van der Waals surface area contributed by atoms with Crippen molar-refractivity contribution in [1.29, 1.82) is 0 Å². The number of piperidine rings is 1. The number of carbonyl (C=O) groups is 1. The maximum absolute atomic E-state index is 12.2. The first-order valence-electron chi connectivity index (χ1n) is 8.22. The summed E-state index contributed by atoms with van der Waals surface area (Å²) < 4.78 is 0. The Morgan fingerprint density at radius 1 is 1.23 bits per heavy atom. The molecule has 0 radical (unpaired) electrons. The van der Waals surface area contributed by atoms with Crippen LogP contribution in [-0.2, 0) is 4.79 Å². The molecule has 0 aromatic heterocycles. The molecule has 1 aromatic carbocycles. The Hall–Kier alpha value is -1.10. The molecule has 0 aliphatic carbocycles. The summed E-state index contributed by atoms with van der Waals surface area (Å²) in [7, 11) is 0. The van der Waals surface area contributed by atoms with Crippen molar-refractivity contribution >= 4 is 23.2 Å². The van der Waals surface area contributed by atoms with Gasteiger partial charge in [0.15, 0.2) is 0 Å². The fourth-order valence-corrected chi connectivity index (χ4v) is 3.74. The van der Waals surface area contributed by atoms with Gasteiger partial charge in [-0.3, -0.25) is 14.6 Å². The average Bonchev–Trinajstić information content (AvgIpc) is 3.01. The molecule has 2 heterocycles. The lowest BCUT2D eigenvalue weighted by Gasteiger charge is -2.37. The van der Waals surface area contributed by atoms with Gasteiger partial charge in [0.05, 0.1) is 6.54 Å². The molecule has 0 spiro atoms. The molecule has 4 nitrogen and oxygen atoms in total. The van der Waals surface area contributed by atoms with Crippen molar-refractivity contribution in [1.82, 2.24) is 9.80 Å². The number of nitrogens with one attached hydrogen (secondary N) is 1. The monoisotopic (exact) mass is 321 g/mol. The Morgan fingerprint density at radius 2 is 2.05 bits per heavy atom. The van der Waals surface area contributed by atoms with Crippen molar-refractivity contribution < 1.29 is 4.79 Å². The number of carbonyl (C=O) groups excluding carboxylic acids is 1. The van der Waals surface area contributed by atoms with Crippen LogP contribution in [0.2, 0.25) is 5.02 Å². The summed E-state index contributed by atoms with van der Waals surface area (Å²) in [5, 5.41) is 3.58. The van der Waals surface area contributed by atoms with Gasteiger partial charge in [0, 0.05) is 23.3 Å². The molecule has 0 saturated carbocycles. The van der Waals surface area contributed by atoms with Gasteiger partial charge in [-0.1, -0.05) is 17.7 Å². The number of hydrogen-bond donors (Lipinski definition) is 1. The summed E-state index contributed by atoms with van der Waals surface area (Å²) in [5.74, 6) is 0.0457. The van der Waals surface area contributed by atoms with Crippen molar-refractivity contribution in [2.45, 2.75) is 31.7 Å². The molecule has 2 aliphatic heterocycles. The molecule has 22 heavy (non-hydrogen) atoms. The number of nitrogens with zero attached hydrogens (tertiary/aromatic N) is 2. The van der Waals surface area contributed by atoms with Crippen molar-refractivity contribution in [3.8, 4) is 0 Å². The number of halogens is 1. The average molecular weight is 322 g/mol. The number of likely N-dealkylation sites (tertiary alicyclic amines) is 2. The fourth-order valence-electron chi connectivity index (χ4n) is 3.55. The topological polar surface area (TPSA) is 35.6 Å². The van der Waals surface area contributed by atoms with E-state index in [1.807, 2.05) is 18.2 Å². The lowest BCUT2D eigenvalue weighted by molar-refractivity contribution is -0.117. The third-order valence-corrected chi connectivity index (χ3v) is 4.85. The van der Waals surface area contributed by atoms with Gasteiger partial charge in [-0.05, 0) is 63.5 Å². The van der Waals surface area contributed by atoms with Crippen LogP contribution in [0.25, 0.3) is 0 Å². The molecule has 2 saturated heterocycles. The van der Waals surface area contributed by atoms with Crippen LogP contribution in [0.3, 0.4) is 0 Å². The van der Waals surface area contributed by atoms with Gasteiger partial charge in [0.25, 0.3) is 0 Å². The van der Waals surface area contributed by atoms with Crippen LogP contribution in [0.4, 0.5) is 5.69 Å². The maximum atomic E-state index is 12.2. The third kappa shape index (κ3) is 4.22. The van der Waals surface area contributed by atoms with Crippen LogP contribution in [0, 0.1) is 0 Å². The second-order valence-electron chi connectivity index (χ2n) is 6.33. The molecule has 0 bridgehead atoms. The van der Waals surface area contributed by atoms with Crippen molar-refractivity contribution in [3.63, 3.8) is 0 Å². The highest BCUT2D eigenvalue weighted by molar-refractivity contribution is 6.30. The molecule has 2 fully saturated rings. The number of rotatable bonds is 4. The normalized spacial score (nSPS) is 23.6. The summed E-state index contributed by atoms with van der Waals surface area (Å²) in [6.07, 6.45) is 5.11. The summed E-state index contributed by atoms with van der Waals surface area (Å²) in [6, 6.07) is 7.94. The molecule has 1 unspecified atom stereocenters. The summed E-state index contributed by atoms with van der Waals surface area (Å²) >= 11 is 5.94. The highest BCUT2D eigenvalue weighted by atomic mass is 35.5. The van der Waals surface area contributed by atoms with Crippen molar-refractivity contribution in [2.75, 3.05) is 38.0 Å². The molecule has 120 valence electrons. The highest BCUT2D eigenvalue weighted by Crippen LogP contribution is 2.20. The van der Waals surface area contributed by atoms with E-state index >= 15 is 0 Å². The van der Waals surface area contributed by atoms with Gasteiger partial charge < -0.3 is 5.32 Å². The molecule has 1 N–H and O–H groups in total. The predicted octanol–water partition coefficient (Wildman–Crippen LogP) is 2.84. The summed E-state index contributed by atoms with van der Waals surface area (Å²) in [6.45, 7) is 4.97. The van der Waals surface area contributed by atoms with Crippen LogP contribution < -0.4 is 5.32 Å². The van der Waals surface area contributed by atoms with E-state index in [1.54, 1.807) is 6.07 Å². The molecular formula is C17H24ClN3O. The van der Waals surface area contributed by atoms with E-state index in [1.165, 1.54) is 38.8 Å². The summed E-state index contributed by atoms with van der Waals surface area (Å²) in [5.41, 5.74) is 0.769. The fraction of sp³-hybridized carbons (Fsp3) is 0.588. The Balaban J connectivity index is 1.50. The Labute approximate surface area is 137 Å². The molecule has 1 amide bonds. The first kappa shape index (κ1) is 15.8. The van der Waals surface area contributed by atoms with Gasteiger partial charge in [-0.2, -0.15) is 0 Å². The van der Waals surface area contributed by atoms with Gasteiger partial charge in [-0.15, -0.1) is 0 Å². The van der Waals surface area contributed by atoms with E-state index in [0.717, 1.165) is 18.8 Å². The second-order valence-corrected chi connectivity index (χ2v) is 6.77. The van der Waals surface area contributed by atoms with E-state index in [0.29, 0.717) is 17.6 Å². The van der Waals surface area contributed by atoms with E-state index in [4.69, 9.17) is 11.6 Å². The van der Waals surface area contributed by atoms with E-state index in [9.17, 15) is 4.79 Å². The standard InChI is InChI=1S/C17H24ClN3O/c18-14-5-3-6-15(11-14)19-17(22)13-20-8-4-7-16(12-20)21-9-1-2-10-21/h3,5-6,11,16H,1-2,4,7-10,12-13H2,(H,19,22). The molecular weight excluding hydrogens is 298 g/mol. The minimum absolute atomic E-state index is 0.0457. The van der Waals surface area contributed by atoms with Crippen LogP contribution in [0.15, 0.2) is 24.3 Å². The minimum Gasteiger partial charge on any atom is -0.325 e. The maximum Gasteiger partial charge on any atom is 0.238 e. The lowest BCUT2D eigenvalue weighted by Crippen LogP contribution is -2.48. The highest BCUT2D eigenvalue weighted by Gasteiger charge is 2.27. The quantitative estimate of drug-likeness (QED) is 0.926. The first-order chi connectivity index (χ1) is 10.7. The van der Waals surface area contributed by atoms with Crippen LogP contribution in [-0.4, -0.2) is 54.5 Å². The third-order valence-electron chi connectivity index (χ3n) is 4.61. The number of amides is 1. The zero-order chi connectivity index (χ0) is 15.4. The van der Waals surface area contributed by atoms with Gasteiger partial charge >= 0.3 is 0 Å². The van der Waals surface area contributed by atoms with Gasteiger partial charge in [0.2, 0.25) is 5.91 Å². The van der Waals surface area contributed by atoms with E-state index in [-0.39, 0.29) is 5.91 Å². The van der Waals surface area contributed by atoms with Gasteiger partial charge in [0.1, 0.15) is 0 Å². The lowest BCUT2D eigenvalue weighted by atomic mass is 10.0. The summed E-state index contributed by atoms with van der Waals surface area (Å²) in [4.78, 5) is 17.1. The van der Waals surface area contributed by atoms with Crippen molar-refractivity contribution in [2.24, 2.45) is 0 Å². The predicted molar refractivity (Wildman–Crippen MR) is 90.4 cm³/mol. The zero-order valence-corrected chi connectivity index (χ0v) is 13.7. The number of benzene rings is 1. The molecule has 3 rings (SSSR count). The number of hydrogen-bond acceptors (Lipinski definition) is 3. The Morgan fingerprint density at radius 3 is 2.82 bits per heavy atom. The SMILES string of the molecule is O=C(CN1CCCC(N2CCCC2)C1)Nc1cccc(Cl)c1. The molecule has 1 atom stereocenters. The van der Waals surface area contributed by atoms with E-state index in [2.05, 4.69) is 15.1 Å². The minimum atomic E-state index is 0.0457. The molecule has 2 aliphatic rings. The Bertz CT molecular complexity index is 516. The van der Waals surface area contributed by atoms with Crippen molar-refractivity contribution in [3.05, 3.63) is 29.3 Å². The molecule has 5 heteroatoms. The second kappa shape index (κ2) is 7.44. The van der Waals surface area contributed by atoms with Crippen LogP contribution in [0.5, 0.6) is 0 Å². The van der Waals surface area contributed by atoms with Gasteiger partial charge in [-0.25, -0.2) is 0 Å². The molecule has 1 aromatic rings. The largest absolute Gasteiger partial charge is 0.325 e. The van der Waals surface area contributed by atoms with Crippen LogP contribution in [0.1, 0.15) is 25.7 Å². The first-order valence-corrected chi connectivity index (χ1v) is 8.60. The van der Waals surface area contributed by atoms with E-state index < -0.39 is 0 Å². The Kier molecular flexibility index (Phi) is 5.34. The zero-order valence-electron chi connectivity index (χ0n) is 12.9.